The molecule has 0 aliphatic carbocycles. The molecular formula is C24H31N3O3. The van der Waals surface area contributed by atoms with E-state index in [0.717, 1.165) is 24.6 Å². The molecule has 1 atom stereocenters. The number of aromatic nitrogens is 3. The average Bonchev–Trinajstić information content (AvgIpc) is 3.39. The maximum atomic E-state index is 12.6. The molecule has 1 aromatic carbocycles. The highest BCUT2D eigenvalue weighted by Gasteiger charge is 2.23. The molecule has 0 bridgehead atoms. The zero-order valence-corrected chi connectivity index (χ0v) is 18.3. The molecule has 6 nitrogen and oxygen atoms in total. The Morgan fingerprint density at radius 1 is 1.17 bits per heavy atom. The molecule has 0 saturated carbocycles. The predicted molar refractivity (Wildman–Crippen MR) is 115 cm³/mol. The van der Waals surface area contributed by atoms with Crippen LogP contribution < -0.4 is 0 Å². The normalized spacial score (nSPS) is 12.7. The predicted octanol–water partition coefficient (Wildman–Crippen LogP) is 5.04. The van der Waals surface area contributed by atoms with Crippen LogP contribution in [0.5, 0.6) is 0 Å². The fourth-order valence-electron chi connectivity index (χ4n) is 3.26. The zero-order chi connectivity index (χ0) is 21.6. The Balaban J connectivity index is 1.63. The Morgan fingerprint density at radius 3 is 2.60 bits per heavy atom. The smallest absolute Gasteiger partial charge is 0.307 e. The Kier molecular flexibility index (Phi) is 7.08. The van der Waals surface area contributed by atoms with Crippen LogP contribution in [0, 0.1) is 0 Å². The van der Waals surface area contributed by atoms with E-state index in [1.54, 1.807) is 12.4 Å². The summed E-state index contributed by atoms with van der Waals surface area (Å²) in [6.45, 7) is 9.04. The van der Waals surface area contributed by atoms with E-state index in [2.05, 4.69) is 49.8 Å². The van der Waals surface area contributed by atoms with Gasteiger partial charge in [-0.05, 0) is 25.3 Å². The summed E-state index contributed by atoms with van der Waals surface area (Å²) in [7, 11) is 0. The van der Waals surface area contributed by atoms with Crippen molar-refractivity contribution in [2.45, 2.75) is 71.4 Å². The Morgan fingerprint density at radius 2 is 1.93 bits per heavy atom. The first kappa shape index (κ1) is 21.8. The van der Waals surface area contributed by atoms with E-state index < -0.39 is 0 Å². The van der Waals surface area contributed by atoms with Gasteiger partial charge in [0.25, 0.3) is 0 Å². The van der Waals surface area contributed by atoms with Crippen LogP contribution in [0.15, 0.2) is 53.3 Å². The first-order chi connectivity index (χ1) is 14.4. The number of carbonyl (C=O) groups excluding carboxylic acids is 1. The van der Waals surface area contributed by atoms with Gasteiger partial charge in [-0.3, -0.25) is 4.79 Å². The van der Waals surface area contributed by atoms with Crippen molar-refractivity contribution in [3.05, 3.63) is 72.0 Å². The van der Waals surface area contributed by atoms with Crippen molar-refractivity contribution in [1.82, 2.24) is 14.5 Å². The topological polar surface area (TPSA) is 70.2 Å². The van der Waals surface area contributed by atoms with Gasteiger partial charge in [-0.1, -0.05) is 51.1 Å². The lowest BCUT2D eigenvalue weighted by atomic mass is 9.94. The largest absolute Gasteiger partial charge is 0.454 e. The van der Waals surface area contributed by atoms with Gasteiger partial charge in [-0.15, -0.1) is 0 Å². The summed E-state index contributed by atoms with van der Waals surface area (Å²) in [4.78, 5) is 21.4. The molecule has 0 spiro atoms. The first-order valence-corrected chi connectivity index (χ1v) is 10.6. The van der Waals surface area contributed by atoms with E-state index in [0.29, 0.717) is 18.7 Å². The fraction of sp³-hybridized carbons (Fsp3) is 0.458. The second-order valence-corrected chi connectivity index (χ2v) is 8.44. The fourth-order valence-corrected chi connectivity index (χ4v) is 3.26. The molecule has 3 rings (SSSR count). The van der Waals surface area contributed by atoms with E-state index in [1.165, 1.54) is 5.56 Å². The Labute approximate surface area is 178 Å². The molecule has 0 amide bonds. The van der Waals surface area contributed by atoms with Crippen molar-refractivity contribution in [2.75, 3.05) is 0 Å². The van der Waals surface area contributed by atoms with Gasteiger partial charge >= 0.3 is 5.97 Å². The van der Waals surface area contributed by atoms with Crippen LogP contribution in [0.25, 0.3) is 0 Å². The number of oxazole rings is 1. The number of hydrogen-bond donors (Lipinski definition) is 0. The third-order valence-corrected chi connectivity index (χ3v) is 5.02. The van der Waals surface area contributed by atoms with Crippen molar-refractivity contribution < 1.29 is 13.9 Å². The molecule has 0 aliphatic heterocycles. The monoisotopic (exact) mass is 409 g/mol. The molecule has 2 heterocycles. The van der Waals surface area contributed by atoms with Crippen LogP contribution in [0.1, 0.15) is 69.7 Å². The van der Waals surface area contributed by atoms with E-state index in [-0.39, 0.29) is 23.9 Å². The maximum absolute atomic E-state index is 12.6. The van der Waals surface area contributed by atoms with Gasteiger partial charge in [-0.25, -0.2) is 9.97 Å². The number of nitrogens with zero attached hydrogens (tertiary/aromatic N) is 3. The second kappa shape index (κ2) is 9.74. The molecule has 0 radical (unpaired) electrons. The van der Waals surface area contributed by atoms with Gasteiger partial charge in [0.2, 0.25) is 0 Å². The van der Waals surface area contributed by atoms with E-state index >= 15 is 0 Å². The number of benzene rings is 1. The number of ether oxygens (including phenoxy) is 1. The second-order valence-electron chi connectivity index (χ2n) is 8.44. The number of rotatable bonds is 9. The van der Waals surface area contributed by atoms with Crippen LogP contribution in [-0.4, -0.2) is 20.5 Å². The number of hydrogen-bond acceptors (Lipinski definition) is 5. The molecule has 1 unspecified atom stereocenters. The first-order valence-electron chi connectivity index (χ1n) is 10.6. The van der Waals surface area contributed by atoms with Gasteiger partial charge in [0, 0.05) is 30.8 Å². The molecule has 3 aromatic rings. The third-order valence-electron chi connectivity index (χ3n) is 5.02. The van der Waals surface area contributed by atoms with Crippen molar-refractivity contribution in [3.8, 4) is 0 Å². The molecule has 0 saturated heterocycles. The molecule has 0 N–H and O–H groups in total. The third kappa shape index (κ3) is 5.81. The lowest BCUT2D eigenvalue weighted by molar-refractivity contribution is -0.150. The van der Waals surface area contributed by atoms with Gasteiger partial charge in [-0.2, -0.15) is 0 Å². The van der Waals surface area contributed by atoms with Gasteiger partial charge in [0.15, 0.2) is 12.0 Å². The van der Waals surface area contributed by atoms with E-state index in [9.17, 15) is 4.79 Å². The molecule has 160 valence electrons. The standard InChI is InChI=1S/C24H31N3O3/c1-5-27-16-15-25-23(27)19(12-11-18-9-7-6-8-10-18)29-22(28)14-13-21-26-17-20(30-21)24(2,3)4/h6-10,15-17,19H,5,11-14H2,1-4H3. The highest BCUT2D eigenvalue weighted by Crippen LogP contribution is 2.25. The average molecular weight is 410 g/mol. The SMILES string of the molecule is CCn1ccnc1C(CCc1ccccc1)OC(=O)CCc1ncc(C(C)(C)C)o1. The summed E-state index contributed by atoms with van der Waals surface area (Å²) < 4.78 is 13.7. The molecule has 2 aromatic heterocycles. The summed E-state index contributed by atoms with van der Waals surface area (Å²) in [6.07, 6.45) is 7.15. The van der Waals surface area contributed by atoms with Crippen LogP contribution in [0.2, 0.25) is 0 Å². The number of esters is 1. The summed E-state index contributed by atoms with van der Waals surface area (Å²) in [5.74, 6) is 1.89. The summed E-state index contributed by atoms with van der Waals surface area (Å²) in [5.41, 5.74) is 1.11. The van der Waals surface area contributed by atoms with Crippen molar-refractivity contribution in [2.24, 2.45) is 0 Å². The van der Waals surface area contributed by atoms with E-state index in [1.807, 2.05) is 29.0 Å². The van der Waals surface area contributed by atoms with Crippen molar-refractivity contribution in [3.63, 3.8) is 0 Å². The van der Waals surface area contributed by atoms with Crippen LogP contribution in [-0.2, 0) is 34.3 Å². The molecule has 0 fully saturated rings. The molecular weight excluding hydrogens is 378 g/mol. The summed E-state index contributed by atoms with van der Waals surface area (Å²) in [6, 6.07) is 10.2. The minimum absolute atomic E-state index is 0.106. The quantitative estimate of drug-likeness (QED) is 0.463. The lowest BCUT2D eigenvalue weighted by Crippen LogP contribution is -2.17. The van der Waals surface area contributed by atoms with Crippen LogP contribution >= 0.6 is 0 Å². The summed E-state index contributed by atoms with van der Waals surface area (Å²) in [5, 5.41) is 0. The van der Waals surface area contributed by atoms with Gasteiger partial charge in [0.05, 0.1) is 12.6 Å². The van der Waals surface area contributed by atoms with Crippen molar-refractivity contribution >= 4 is 5.97 Å². The van der Waals surface area contributed by atoms with Crippen LogP contribution in [0.3, 0.4) is 0 Å². The van der Waals surface area contributed by atoms with E-state index in [4.69, 9.17) is 9.15 Å². The minimum Gasteiger partial charge on any atom is -0.454 e. The van der Waals surface area contributed by atoms with Crippen molar-refractivity contribution in [1.29, 1.82) is 0 Å². The number of imidazole rings is 1. The highest BCUT2D eigenvalue weighted by molar-refractivity contribution is 5.69. The number of carbonyl (C=O) groups is 1. The van der Waals surface area contributed by atoms with Gasteiger partial charge in [0.1, 0.15) is 11.6 Å². The molecule has 0 aliphatic rings. The maximum Gasteiger partial charge on any atom is 0.307 e. The van der Waals surface area contributed by atoms with Gasteiger partial charge < -0.3 is 13.7 Å². The lowest BCUT2D eigenvalue weighted by Gasteiger charge is -2.18. The molecule has 6 heteroatoms. The highest BCUT2D eigenvalue weighted by atomic mass is 16.5. The minimum atomic E-state index is -0.387. The summed E-state index contributed by atoms with van der Waals surface area (Å²) >= 11 is 0. The van der Waals surface area contributed by atoms with Crippen LogP contribution in [0.4, 0.5) is 0 Å². The number of aryl methyl sites for hydroxylation is 3. The Bertz CT molecular complexity index is 938. The zero-order valence-electron chi connectivity index (χ0n) is 18.3. The Hall–Kier alpha value is -2.89. The molecule has 30 heavy (non-hydrogen) atoms.